The van der Waals surface area contributed by atoms with Gasteiger partial charge in [0.25, 0.3) is 0 Å². The predicted molar refractivity (Wildman–Crippen MR) is 113 cm³/mol. The smallest absolute Gasteiger partial charge is 0.341 e. The van der Waals surface area contributed by atoms with Crippen LogP contribution in [-0.2, 0) is 11.3 Å². The van der Waals surface area contributed by atoms with Gasteiger partial charge in [0.2, 0.25) is 0 Å². The van der Waals surface area contributed by atoms with Crippen molar-refractivity contribution in [2.75, 3.05) is 52.3 Å². The summed E-state index contributed by atoms with van der Waals surface area (Å²) in [5.41, 5.74) is 1.42. The van der Waals surface area contributed by atoms with Gasteiger partial charge in [-0.15, -0.1) is 11.3 Å². The Bertz CT molecular complexity index is 815. The second-order valence-electron chi connectivity index (χ2n) is 6.35. The molecule has 0 unspecified atom stereocenters. The molecule has 1 aromatic carbocycles. The highest BCUT2D eigenvalue weighted by atomic mass is 32.1. The number of thiophene rings is 1. The van der Waals surface area contributed by atoms with E-state index >= 15 is 0 Å². The Kier molecular flexibility index (Phi) is 6.76. The number of carbonyl (C=O) groups is 1. The normalized spacial score (nSPS) is 14.8. The molecule has 1 aliphatic heterocycles. The topological polar surface area (TPSA) is 66.4 Å². The summed E-state index contributed by atoms with van der Waals surface area (Å²) in [6.07, 6.45) is 0. The third-order valence-corrected chi connectivity index (χ3v) is 5.66. The summed E-state index contributed by atoms with van der Waals surface area (Å²) >= 11 is 1.78. The lowest BCUT2D eigenvalue weighted by molar-refractivity contribution is 0.0597. The van der Waals surface area contributed by atoms with Crippen LogP contribution < -0.4 is 15.0 Å². The highest BCUT2D eigenvalue weighted by Crippen LogP contribution is 2.23. The lowest BCUT2D eigenvalue weighted by atomic mass is 10.1. The monoisotopic (exact) mass is 402 g/mol. The van der Waals surface area contributed by atoms with Crippen LogP contribution in [0.5, 0.6) is 5.75 Å². The Balaban J connectivity index is 1.58. The van der Waals surface area contributed by atoms with Crippen LogP contribution in [0.25, 0.3) is 0 Å². The Hall–Kier alpha value is -2.74. The van der Waals surface area contributed by atoms with E-state index in [4.69, 9.17) is 9.47 Å². The average Bonchev–Trinajstić information content (AvgIpc) is 3.29. The van der Waals surface area contributed by atoms with Crippen molar-refractivity contribution in [3.63, 3.8) is 0 Å². The van der Waals surface area contributed by atoms with Crippen molar-refractivity contribution in [1.82, 2.24) is 10.2 Å². The molecule has 1 aromatic heterocycles. The fourth-order valence-corrected chi connectivity index (χ4v) is 4.01. The summed E-state index contributed by atoms with van der Waals surface area (Å²) in [6.45, 7) is 4.38. The van der Waals surface area contributed by atoms with Crippen LogP contribution in [0, 0.1) is 0 Å². The maximum Gasteiger partial charge on any atom is 0.341 e. The molecule has 28 heavy (non-hydrogen) atoms. The Morgan fingerprint density at radius 3 is 2.61 bits per heavy atom. The first-order valence-electron chi connectivity index (χ1n) is 9.15. The van der Waals surface area contributed by atoms with Gasteiger partial charge < -0.3 is 24.6 Å². The lowest BCUT2D eigenvalue weighted by Gasteiger charge is -2.37. The number of nitrogens with one attached hydrogen (secondary N) is 1. The van der Waals surface area contributed by atoms with Crippen molar-refractivity contribution in [3.8, 4) is 5.75 Å². The lowest BCUT2D eigenvalue weighted by Crippen LogP contribution is -2.52. The highest BCUT2D eigenvalue weighted by molar-refractivity contribution is 7.14. The van der Waals surface area contributed by atoms with Gasteiger partial charge in [0, 0.05) is 39.8 Å². The number of carbonyl (C=O) groups excluding carboxylic acids is 1. The summed E-state index contributed by atoms with van der Waals surface area (Å²) in [7, 11) is 4.71. The largest absolute Gasteiger partial charge is 0.496 e. The SMILES string of the molecule is CN=C(NCc1ccc(C(=O)OC)c(OC)c1)N1CCN(c2cccs2)CC1. The maximum atomic E-state index is 11.8. The molecule has 7 nitrogen and oxygen atoms in total. The Morgan fingerprint density at radius 2 is 2.00 bits per heavy atom. The van der Waals surface area contributed by atoms with Gasteiger partial charge in [-0.2, -0.15) is 0 Å². The molecule has 0 bridgehead atoms. The van der Waals surface area contributed by atoms with E-state index in [0.717, 1.165) is 37.7 Å². The number of guanidine groups is 1. The number of benzene rings is 1. The van der Waals surface area contributed by atoms with Crippen LogP contribution in [0.1, 0.15) is 15.9 Å². The molecule has 8 heteroatoms. The minimum absolute atomic E-state index is 0.407. The molecule has 0 atom stereocenters. The standard InChI is InChI=1S/C20H26N4O3S/c1-21-20(24-10-8-23(9-11-24)18-5-4-12-28-18)22-14-15-6-7-16(19(25)27-3)17(13-15)26-2/h4-7,12-13H,8-11,14H2,1-3H3,(H,21,22). The zero-order valence-corrected chi connectivity index (χ0v) is 17.3. The van der Waals surface area contributed by atoms with Crippen molar-refractivity contribution in [2.24, 2.45) is 4.99 Å². The van der Waals surface area contributed by atoms with Crippen molar-refractivity contribution in [2.45, 2.75) is 6.54 Å². The number of methoxy groups -OCH3 is 2. The first-order chi connectivity index (χ1) is 13.7. The molecular weight excluding hydrogens is 376 g/mol. The molecule has 1 N–H and O–H groups in total. The molecular formula is C20H26N4O3S. The summed E-state index contributed by atoms with van der Waals surface area (Å²) in [5.74, 6) is 0.975. The molecule has 0 amide bonds. The van der Waals surface area contributed by atoms with Gasteiger partial charge in [-0.25, -0.2) is 4.79 Å². The number of esters is 1. The van der Waals surface area contributed by atoms with Gasteiger partial charge in [0.15, 0.2) is 5.96 Å². The molecule has 3 rings (SSSR count). The zero-order chi connectivity index (χ0) is 19.9. The van der Waals surface area contributed by atoms with E-state index in [1.165, 1.54) is 12.1 Å². The number of anilines is 1. The Morgan fingerprint density at radius 1 is 1.21 bits per heavy atom. The number of aliphatic imine (C=N–C) groups is 1. The molecule has 150 valence electrons. The van der Waals surface area contributed by atoms with Gasteiger partial charge in [0.1, 0.15) is 11.3 Å². The van der Waals surface area contributed by atoms with E-state index in [1.807, 2.05) is 12.1 Å². The van der Waals surface area contributed by atoms with E-state index in [1.54, 1.807) is 31.6 Å². The van der Waals surface area contributed by atoms with Crippen molar-refractivity contribution >= 4 is 28.3 Å². The molecule has 0 saturated carbocycles. The summed E-state index contributed by atoms with van der Waals surface area (Å²) in [4.78, 5) is 20.9. The maximum absolute atomic E-state index is 11.8. The molecule has 1 saturated heterocycles. The molecule has 0 aliphatic carbocycles. The van der Waals surface area contributed by atoms with Crippen LogP contribution in [0.15, 0.2) is 40.7 Å². The fourth-order valence-electron chi connectivity index (χ4n) is 3.23. The molecule has 0 radical (unpaired) electrons. The first-order valence-corrected chi connectivity index (χ1v) is 10.0. The van der Waals surface area contributed by atoms with E-state index in [-0.39, 0.29) is 0 Å². The molecule has 1 fully saturated rings. The van der Waals surface area contributed by atoms with Crippen LogP contribution in [-0.4, -0.2) is 64.3 Å². The number of piperazine rings is 1. The van der Waals surface area contributed by atoms with Gasteiger partial charge >= 0.3 is 5.97 Å². The number of nitrogens with zero attached hydrogens (tertiary/aromatic N) is 3. The fraction of sp³-hybridized carbons (Fsp3) is 0.400. The Labute approximate surface area is 169 Å². The van der Waals surface area contributed by atoms with Crippen LogP contribution in [0.3, 0.4) is 0 Å². The second kappa shape index (κ2) is 9.45. The van der Waals surface area contributed by atoms with Gasteiger partial charge in [-0.05, 0) is 35.2 Å². The summed E-state index contributed by atoms with van der Waals surface area (Å²) in [5, 5.41) is 6.84. The van der Waals surface area contributed by atoms with E-state index < -0.39 is 5.97 Å². The summed E-state index contributed by atoms with van der Waals surface area (Å²) < 4.78 is 10.1. The van der Waals surface area contributed by atoms with Crippen molar-refractivity contribution in [3.05, 3.63) is 46.8 Å². The third kappa shape index (κ3) is 4.56. The molecule has 2 aromatic rings. The zero-order valence-electron chi connectivity index (χ0n) is 16.5. The molecule has 2 heterocycles. The first kappa shape index (κ1) is 20.0. The molecule has 0 spiro atoms. The third-order valence-electron chi connectivity index (χ3n) is 4.73. The number of hydrogen-bond donors (Lipinski definition) is 1. The molecule has 1 aliphatic rings. The van der Waals surface area contributed by atoms with Gasteiger partial charge in [-0.1, -0.05) is 6.07 Å². The summed E-state index contributed by atoms with van der Waals surface area (Å²) in [6, 6.07) is 9.72. The number of hydrogen-bond acceptors (Lipinski definition) is 6. The number of ether oxygens (including phenoxy) is 2. The minimum Gasteiger partial charge on any atom is -0.496 e. The van der Waals surface area contributed by atoms with E-state index in [2.05, 4.69) is 37.6 Å². The van der Waals surface area contributed by atoms with Crippen LogP contribution >= 0.6 is 11.3 Å². The average molecular weight is 403 g/mol. The van der Waals surface area contributed by atoms with Gasteiger partial charge in [0.05, 0.1) is 19.2 Å². The van der Waals surface area contributed by atoms with Crippen LogP contribution in [0.4, 0.5) is 5.00 Å². The highest BCUT2D eigenvalue weighted by Gasteiger charge is 2.20. The second-order valence-corrected chi connectivity index (χ2v) is 7.28. The van der Waals surface area contributed by atoms with Crippen molar-refractivity contribution < 1.29 is 14.3 Å². The van der Waals surface area contributed by atoms with E-state index in [9.17, 15) is 4.79 Å². The van der Waals surface area contributed by atoms with E-state index in [0.29, 0.717) is 17.9 Å². The van der Waals surface area contributed by atoms with Gasteiger partial charge in [-0.3, -0.25) is 4.99 Å². The predicted octanol–water partition coefficient (Wildman–Crippen LogP) is 2.44. The van der Waals surface area contributed by atoms with Crippen LogP contribution in [0.2, 0.25) is 0 Å². The quantitative estimate of drug-likeness (QED) is 0.471. The van der Waals surface area contributed by atoms with Crippen molar-refractivity contribution in [1.29, 1.82) is 0 Å². The minimum atomic E-state index is -0.407. The number of rotatable bonds is 5.